The van der Waals surface area contributed by atoms with Crippen molar-refractivity contribution in [2.75, 3.05) is 26.4 Å². The maximum atomic E-state index is 11.9. The second kappa shape index (κ2) is 7.98. The lowest BCUT2D eigenvalue weighted by Gasteiger charge is -2.34. The molecule has 0 aromatic heterocycles. The Morgan fingerprint density at radius 2 is 1.95 bits per heavy atom. The molecule has 2 amide bonds. The molecular weight excluding hydrogens is 290 g/mol. The van der Waals surface area contributed by atoms with Crippen LogP contribution in [0.5, 0.6) is 0 Å². The van der Waals surface area contributed by atoms with E-state index >= 15 is 0 Å². The molecule has 3 atom stereocenters. The SMILES string of the molecule is C[C@@H]1[C@H](C)CCC[C@@H]1NC(=O)NCCCN(C)S(C)(=O)=O. The maximum Gasteiger partial charge on any atom is 0.315 e. The van der Waals surface area contributed by atoms with Gasteiger partial charge in [-0.3, -0.25) is 0 Å². The zero-order valence-corrected chi connectivity index (χ0v) is 14.4. The highest BCUT2D eigenvalue weighted by Gasteiger charge is 2.27. The fourth-order valence-electron chi connectivity index (χ4n) is 2.67. The van der Waals surface area contributed by atoms with Gasteiger partial charge in [-0.05, 0) is 24.7 Å². The first-order chi connectivity index (χ1) is 9.71. The number of urea groups is 1. The average molecular weight is 319 g/mol. The normalized spacial score (nSPS) is 26.6. The van der Waals surface area contributed by atoms with E-state index in [1.165, 1.54) is 17.0 Å². The third-order valence-electron chi connectivity index (χ3n) is 4.52. The summed E-state index contributed by atoms with van der Waals surface area (Å²) in [6.45, 7) is 5.31. The second-order valence-corrected chi connectivity index (χ2v) is 8.30. The molecule has 0 unspecified atom stereocenters. The highest BCUT2D eigenvalue weighted by Crippen LogP contribution is 2.29. The van der Waals surface area contributed by atoms with Crippen LogP contribution in [-0.2, 0) is 10.0 Å². The lowest BCUT2D eigenvalue weighted by Crippen LogP contribution is -2.48. The molecule has 2 N–H and O–H groups in total. The standard InChI is InChI=1S/C14H29N3O3S/c1-11-7-5-8-13(12(11)2)16-14(18)15-9-6-10-17(3)21(4,19)20/h11-13H,5-10H2,1-4H3,(H2,15,16,18)/t11-,12-,13+/m1/s1. The predicted molar refractivity (Wildman–Crippen MR) is 84.6 cm³/mol. The van der Waals surface area contributed by atoms with E-state index < -0.39 is 10.0 Å². The Morgan fingerprint density at radius 1 is 1.29 bits per heavy atom. The molecule has 21 heavy (non-hydrogen) atoms. The van der Waals surface area contributed by atoms with Crippen LogP contribution in [-0.4, -0.2) is 51.2 Å². The zero-order chi connectivity index (χ0) is 16.0. The molecular formula is C14H29N3O3S. The lowest BCUT2D eigenvalue weighted by molar-refractivity contribution is 0.195. The molecule has 0 aromatic carbocycles. The van der Waals surface area contributed by atoms with Crippen LogP contribution in [0.15, 0.2) is 0 Å². The van der Waals surface area contributed by atoms with Gasteiger partial charge in [0, 0.05) is 26.2 Å². The van der Waals surface area contributed by atoms with Gasteiger partial charge in [0.25, 0.3) is 0 Å². The number of sulfonamides is 1. The number of hydrogen-bond acceptors (Lipinski definition) is 3. The monoisotopic (exact) mass is 319 g/mol. The Hall–Kier alpha value is -0.820. The number of nitrogens with zero attached hydrogens (tertiary/aromatic N) is 1. The molecule has 6 nitrogen and oxygen atoms in total. The van der Waals surface area contributed by atoms with Crippen molar-refractivity contribution < 1.29 is 13.2 Å². The molecule has 1 rings (SSSR count). The average Bonchev–Trinajstić information content (AvgIpc) is 2.38. The van der Waals surface area contributed by atoms with Crippen LogP contribution in [0.1, 0.15) is 39.5 Å². The number of carbonyl (C=O) groups is 1. The highest BCUT2D eigenvalue weighted by molar-refractivity contribution is 7.88. The van der Waals surface area contributed by atoms with Crippen molar-refractivity contribution in [1.82, 2.24) is 14.9 Å². The van der Waals surface area contributed by atoms with Gasteiger partial charge in [-0.15, -0.1) is 0 Å². The molecule has 7 heteroatoms. The number of carbonyl (C=O) groups excluding carboxylic acids is 1. The fraction of sp³-hybridized carbons (Fsp3) is 0.929. The predicted octanol–water partition coefficient (Wildman–Crippen LogP) is 1.39. The van der Waals surface area contributed by atoms with Crippen molar-refractivity contribution >= 4 is 16.1 Å². The summed E-state index contributed by atoms with van der Waals surface area (Å²) in [5.41, 5.74) is 0. The molecule has 0 aromatic rings. The molecule has 1 fully saturated rings. The highest BCUT2D eigenvalue weighted by atomic mass is 32.2. The van der Waals surface area contributed by atoms with E-state index in [1.54, 1.807) is 7.05 Å². The van der Waals surface area contributed by atoms with E-state index in [0.717, 1.165) is 12.8 Å². The van der Waals surface area contributed by atoms with Crippen LogP contribution in [0.2, 0.25) is 0 Å². The first-order valence-corrected chi connectivity index (χ1v) is 9.52. The maximum absolute atomic E-state index is 11.9. The van der Waals surface area contributed by atoms with Crippen molar-refractivity contribution in [3.8, 4) is 0 Å². The Kier molecular flexibility index (Phi) is 6.93. The van der Waals surface area contributed by atoms with E-state index in [4.69, 9.17) is 0 Å². The van der Waals surface area contributed by atoms with E-state index in [1.807, 2.05) is 0 Å². The summed E-state index contributed by atoms with van der Waals surface area (Å²) in [4.78, 5) is 11.9. The van der Waals surface area contributed by atoms with Crippen LogP contribution in [0.3, 0.4) is 0 Å². The van der Waals surface area contributed by atoms with Gasteiger partial charge in [-0.1, -0.05) is 26.7 Å². The minimum atomic E-state index is -3.13. The van der Waals surface area contributed by atoms with Crippen LogP contribution >= 0.6 is 0 Å². The number of hydrogen-bond donors (Lipinski definition) is 2. The molecule has 0 saturated heterocycles. The molecule has 124 valence electrons. The van der Waals surface area contributed by atoms with Crippen LogP contribution in [0.25, 0.3) is 0 Å². The Bertz CT molecular complexity index is 439. The van der Waals surface area contributed by atoms with Crippen LogP contribution < -0.4 is 10.6 Å². The number of nitrogens with one attached hydrogen (secondary N) is 2. The number of amides is 2. The van der Waals surface area contributed by atoms with Gasteiger partial charge >= 0.3 is 6.03 Å². The summed E-state index contributed by atoms with van der Waals surface area (Å²) in [6, 6.07) is 0.0930. The molecule has 1 saturated carbocycles. The van der Waals surface area contributed by atoms with Crippen molar-refractivity contribution in [1.29, 1.82) is 0 Å². The fourth-order valence-corrected chi connectivity index (χ4v) is 3.14. The van der Waals surface area contributed by atoms with Crippen LogP contribution in [0.4, 0.5) is 4.79 Å². The van der Waals surface area contributed by atoms with Gasteiger partial charge in [0.1, 0.15) is 0 Å². The van der Waals surface area contributed by atoms with E-state index in [-0.39, 0.29) is 12.1 Å². The zero-order valence-electron chi connectivity index (χ0n) is 13.6. The second-order valence-electron chi connectivity index (χ2n) is 6.21. The Labute approximate surface area is 128 Å². The first-order valence-electron chi connectivity index (χ1n) is 7.67. The van der Waals surface area contributed by atoms with E-state index in [0.29, 0.717) is 31.3 Å². The van der Waals surface area contributed by atoms with Crippen molar-refractivity contribution in [3.05, 3.63) is 0 Å². The summed E-state index contributed by atoms with van der Waals surface area (Å²) in [5, 5.41) is 5.84. The summed E-state index contributed by atoms with van der Waals surface area (Å²) in [6.07, 6.45) is 5.22. The van der Waals surface area contributed by atoms with Gasteiger partial charge in [0.15, 0.2) is 0 Å². The molecule has 0 radical (unpaired) electrons. The molecule has 0 heterocycles. The van der Waals surface area contributed by atoms with Crippen molar-refractivity contribution in [3.63, 3.8) is 0 Å². The molecule has 1 aliphatic carbocycles. The van der Waals surface area contributed by atoms with E-state index in [2.05, 4.69) is 24.5 Å². The first kappa shape index (κ1) is 18.2. The van der Waals surface area contributed by atoms with Gasteiger partial charge in [0.2, 0.25) is 10.0 Å². The topological polar surface area (TPSA) is 78.5 Å². The molecule has 0 aliphatic heterocycles. The third kappa shape index (κ3) is 6.22. The summed E-state index contributed by atoms with van der Waals surface area (Å²) in [5.74, 6) is 1.15. The summed E-state index contributed by atoms with van der Waals surface area (Å²) < 4.78 is 23.7. The van der Waals surface area contributed by atoms with Gasteiger partial charge in [-0.25, -0.2) is 17.5 Å². The van der Waals surface area contributed by atoms with Gasteiger partial charge in [-0.2, -0.15) is 0 Å². The van der Waals surface area contributed by atoms with Crippen LogP contribution in [0, 0.1) is 11.8 Å². The summed E-state index contributed by atoms with van der Waals surface area (Å²) in [7, 11) is -1.59. The van der Waals surface area contributed by atoms with Gasteiger partial charge in [0.05, 0.1) is 6.26 Å². The Morgan fingerprint density at radius 3 is 2.57 bits per heavy atom. The molecule has 0 spiro atoms. The van der Waals surface area contributed by atoms with Gasteiger partial charge < -0.3 is 10.6 Å². The van der Waals surface area contributed by atoms with E-state index in [9.17, 15) is 13.2 Å². The van der Waals surface area contributed by atoms with Crippen molar-refractivity contribution in [2.24, 2.45) is 11.8 Å². The smallest absolute Gasteiger partial charge is 0.315 e. The molecule has 0 bridgehead atoms. The molecule has 1 aliphatic rings. The minimum Gasteiger partial charge on any atom is -0.338 e. The minimum absolute atomic E-state index is 0.150. The largest absolute Gasteiger partial charge is 0.338 e. The third-order valence-corrected chi connectivity index (χ3v) is 5.84. The summed E-state index contributed by atoms with van der Waals surface area (Å²) >= 11 is 0. The Balaban J connectivity index is 2.22. The quantitative estimate of drug-likeness (QED) is 0.726. The van der Waals surface area contributed by atoms with Crippen molar-refractivity contribution in [2.45, 2.75) is 45.6 Å². The lowest BCUT2D eigenvalue weighted by atomic mass is 9.78. The number of rotatable bonds is 6.